The average Bonchev–Trinajstić information content (AvgIpc) is 1.94. The number of hydrogen-bond acceptors (Lipinski definition) is 2. The molecule has 1 atom stereocenters. The molecule has 0 aliphatic carbocycles. The van der Waals surface area contributed by atoms with Gasteiger partial charge in [0.1, 0.15) is 0 Å². The molecule has 1 rings (SSSR count). The third-order valence-corrected chi connectivity index (χ3v) is 4.33. The predicted octanol–water partition coefficient (Wildman–Crippen LogP) is 1.07. The summed E-state index contributed by atoms with van der Waals surface area (Å²) in [6, 6.07) is 0.109. The Labute approximate surface area is 74.8 Å². The number of nitrogens with zero attached hydrogens (tertiary/aromatic N) is 1. The van der Waals surface area contributed by atoms with E-state index in [0.29, 0.717) is 18.2 Å². The van der Waals surface area contributed by atoms with Crippen molar-refractivity contribution in [3.05, 3.63) is 0 Å². The molecule has 3 nitrogen and oxygen atoms in total. The first-order valence-electron chi connectivity index (χ1n) is 4.43. The molecular weight excluding hydrogens is 174 g/mol. The third-order valence-electron chi connectivity index (χ3n) is 2.29. The Morgan fingerprint density at radius 3 is 2.42 bits per heavy atom. The standard InChI is InChI=1S/C8H17NO2S/c1-7(2)9-6-8(3)4-5-12(9,10)11/h7-8H,4-6H2,1-3H3/t8-/m1/s1. The molecule has 0 aromatic heterocycles. The minimum Gasteiger partial charge on any atom is -0.212 e. The molecule has 1 aliphatic heterocycles. The van der Waals surface area contributed by atoms with Crippen molar-refractivity contribution in [3.8, 4) is 0 Å². The first-order chi connectivity index (χ1) is 5.43. The van der Waals surface area contributed by atoms with Crippen molar-refractivity contribution >= 4 is 10.0 Å². The van der Waals surface area contributed by atoms with Gasteiger partial charge in [-0.15, -0.1) is 0 Å². The molecule has 1 heterocycles. The lowest BCUT2D eigenvalue weighted by molar-refractivity contribution is 0.286. The summed E-state index contributed by atoms with van der Waals surface area (Å²) in [7, 11) is -2.92. The monoisotopic (exact) mass is 191 g/mol. The van der Waals surface area contributed by atoms with Crippen LogP contribution in [0.4, 0.5) is 0 Å². The van der Waals surface area contributed by atoms with Gasteiger partial charge < -0.3 is 0 Å². The summed E-state index contributed by atoms with van der Waals surface area (Å²) in [6.07, 6.45) is 0.811. The van der Waals surface area contributed by atoms with Crippen molar-refractivity contribution in [1.29, 1.82) is 0 Å². The van der Waals surface area contributed by atoms with Crippen LogP contribution in [0.15, 0.2) is 0 Å². The fourth-order valence-electron chi connectivity index (χ4n) is 1.51. The van der Waals surface area contributed by atoms with Crippen LogP contribution in [0.3, 0.4) is 0 Å². The van der Waals surface area contributed by atoms with E-state index in [1.54, 1.807) is 4.31 Å². The summed E-state index contributed by atoms with van der Waals surface area (Å²) in [5.74, 6) is 0.836. The van der Waals surface area contributed by atoms with Gasteiger partial charge in [0.15, 0.2) is 0 Å². The lowest BCUT2D eigenvalue weighted by Gasteiger charge is -2.33. The summed E-state index contributed by atoms with van der Waals surface area (Å²) in [6.45, 7) is 6.65. The zero-order chi connectivity index (χ0) is 9.35. The van der Waals surface area contributed by atoms with Gasteiger partial charge in [0.2, 0.25) is 10.0 Å². The van der Waals surface area contributed by atoms with Crippen LogP contribution in [0.2, 0.25) is 0 Å². The van der Waals surface area contributed by atoms with Crippen molar-refractivity contribution in [2.24, 2.45) is 5.92 Å². The Kier molecular flexibility index (Phi) is 2.78. The van der Waals surface area contributed by atoms with Gasteiger partial charge in [0.05, 0.1) is 5.75 Å². The number of sulfonamides is 1. The Bertz CT molecular complexity index is 246. The molecule has 0 unspecified atom stereocenters. The molecule has 0 saturated carbocycles. The molecule has 72 valence electrons. The summed E-state index contributed by atoms with van der Waals surface area (Å²) in [5, 5.41) is 0. The van der Waals surface area contributed by atoms with E-state index in [9.17, 15) is 8.42 Å². The highest BCUT2D eigenvalue weighted by molar-refractivity contribution is 7.89. The molecule has 12 heavy (non-hydrogen) atoms. The minimum absolute atomic E-state index is 0.109. The predicted molar refractivity (Wildman–Crippen MR) is 49.4 cm³/mol. The first kappa shape index (κ1) is 9.99. The molecule has 0 amide bonds. The van der Waals surface area contributed by atoms with Crippen LogP contribution in [0, 0.1) is 5.92 Å². The van der Waals surface area contributed by atoms with Gasteiger partial charge in [-0.05, 0) is 26.2 Å². The van der Waals surface area contributed by atoms with Crippen LogP contribution < -0.4 is 0 Å². The highest BCUT2D eigenvalue weighted by Crippen LogP contribution is 2.20. The van der Waals surface area contributed by atoms with Crippen LogP contribution in [0.5, 0.6) is 0 Å². The summed E-state index contributed by atoms with van der Waals surface area (Å²) >= 11 is 0. The molecule has 0 aromatic rings. The second-order valence-corrected chi connectivity index (χ2v) is 5.91. The van der Waals surface area contributed by atoms with E-state index in [2.05, 4.69) is 6.92 Å². The van der Waals surface area contributed by atoms with Crippen molar-refractivity contribution in [1.82, 2.24) is 4.31 Å². The Morgan fingerprint density at radius 1 is 1.42 bits per heavy atom. The maximum Gasteiger partial charge on any atom is 0.214 e. The zero-order valence-electron chi connectivity index (χ0n) is 7.95. The summed E-state index contributed by atoms with van der Waals surface area (Å²) < 4.78 is 24.6. The maximum atomic E-state index is 11.5. The largest absolute Gasteiger partial charge is 0.214 e. The topological polar surface area (TPSA) is 37.4 Å². The first-order valence-corrected chi connectivity index (χ1v) is 6.04. The number of hydrogen-bond donors (Lipinski definition) is 0. The zero-order valence-corrected chi connectivity index (χ0v) is 8.76. The molecule has 0 aromatic carbocycles. The van der Waals surface area contributed by atoms with Crippen molar-refractivity contribution < 1.29 is 8.42 Å². The van der Waals surface area contributed by atoms with Gasteiger partial charge in [-0.3, -0.25) is 0 Å². The highest BCUT2D eigenvalue weighted by Gasteiger charge is 2.30. The lowest BCUT2D eigenvalue weighted by atomic mass is 10.1. The molecule has 1 fully saturated rings. The Balaban J connectivity index is 2.80. The maximum absolute atomic E-state index is 11.5. The third kappa shape index (κ3) is 1.98. The van der Waals surface area contributed by atoms with E-state index in [4.69, 9.17) is 0 Å². The highest BCUT2D eigenvalue weighted by atomic mass is 32.2. The van der Waals surface area contributed by atoms with Gasteiger partial charge in [0.25, 0.3) is 0 Å². The van der Waals surface area contributed by atoms with Crippen molar-refractivity contribution in [3.63, 3.8) is 0 Å². The van der Waals surface area contributed by atoms with E-state index in [1.165, 1.54) is 0 Å². The molecule has 0 radical (unpaired) electrons. The average molecular weight is 191 g/mol. The Morgan fingerprint density at radius 2 is 2.00 bits per heavy atom. The van der Waals surface area contributed by atoms with Gasteiger partial charge in [0, 0.05) is 12.6 Å². The Hall–Kier alpha value is -0.0900. The van der Waals surface area contributed by atoms with Crippen LogP contribution >= 0.6 is 0 Å². The van der Waals surface area contributed by atoms with E-state index >= 15 is 0 Å². The summed E-state index contributed by atoms with van der Waals surface area (Å²) in [5.41, 5.74) is 0. The van der Waals surface area contributed by atoms with Gasteiger partial charge >= 0.3 is 0 Å². The van der Waals surface area contributed by atoms with Gasteiger partial charge in [-0.1, -0.05) is 6.92 Å². The van der Waals surface area contributed by atoms with Gasteiger partial charge in [-0.25, -0.2) is 8.42 Å². The molecule has 0 N–H and O–H groups in total. The quantitative estimate of drug-likeness (QED) is 0.621. The SMILES string of the molecule is CC(C)N1C[C@H](C)CCS1(=O)=O. The van der Waals surface area contributed by atoms with Crippen LogP contribution in [0.25, 0.3) is 0 Å². The van der Waals surface area contributed by atoms with Crippen LogP contribution in [-0.4, -0.2) is 31.1 Å². The molecule has 0 spiro atoms. The lowest BCUT2D eigenvalue weighted by Crippen LogP contribution is -2.45. The number of rotatable bonds is 1. The smallest absolute Gasteiger partial charge is 0.212 e. The van der Waals surface area contributed by atoms with E-state index in [-0.39, 0.29) is 6.04 Å². The summed E-state index contributed by atoms with van der Waals surface area (Å²) in [4.78, 5) is 0. The second-order valence-electron chi connectivity index (χ2n) is 3.87. The molecule has 0 bridgehead atoms. The van der Waals surface area contributed by atoms with E-state index < -0.39 is 10.0 Å². The fourth-order valence-corrected chi connectivity index (χ4v) is 3.57. The van der Waals surface area contributed by atoms with E-state index in [0.717, 1.165) is 6.42 Å². The molecule has 1 saturated heterocycles. The van der Waals surface area contributed by atoms with Crippen LogP contribution in [0.1, 0.15) is 27.2 Å². The van der Waals surface area contributed by atoms with Gasteiger partial charge in [-0.2, -0.15) is 4.31 Å². The minimum atomic E-state index is -2.92. The second kappa shape index (κ2) is 3.34. The molecule has 1 aliphatic rings. The van der Waals surface area contributed by atoms with Crippen molar-refractivity contribution in [2.45, 2.75) is 33.2 Å². The van der Waals surface area contributed by atoms with Crippen LogP contribution in [-0.2, 0) is 10.0 Å². The molecular formula is C8H17NO2S. The fraction of sp³-hybridized carbons (Fsp3) is 1.00. The van der Waals surface area contributed by atoms with E-state index in [1.807, 2.05) is 13.8 Å². The van der Waals surface area contributed by atoms with Crippen molar-refractivity contribution in [2.75, 3.05) is 12.3 Å². The molecule has 4 heteroatoms. The normalized spacial score (nSPS) is 30.8.